The maximum absolute atomic E-state index is 12.4. The maximum atomic E-state index is 12.4. The molecule has 1 N–H and O–H groups in total. The molecule has 6 nitrogen and oxygen atoms in total. The van der Waals surface area contributed by atoms with Crippen LogP contribution in [-0.2, 0) is 9.53 Å². The first kappa shape index (κ1) is 20.9. The number of nitrogens with zero attached hydrogens (tertiary/aromatic N) is 3. The van der Waals surface area contributed by atoms with E-state index in [1.807, 2.05) is 60.0 Å². The van der Waals surface area contributed by atoms with Crippen molar-refractivity contribution in [2.75, 3.05) is 18.9 Å². The number of halogens is 1. The van der Waals surface area contributed by atoms with E-state index in [-0.39, 0.29) is 17.8 Å². The van der Waals surface area contributed by atoms with Crippen LogP contribution in [0.1, 0.15) is 18.4 Å². The number of para-hydroxylation sites is 1. The molecule has 0 spiro atoms. The average Bonchev–Trinajstić information content (AvgIpc) is 3.41. The van der Waals surface area contributed by atoms with E-state index in [2.05, 4.69) is 15.5 Å². The number of benzene rings is 2. The lowest BCUT2D eigenvalue weighted by molar-refractivity contribution is -0.119. The van der Waals surface area contributed by atoms with E-state index in [0.29, 0.717) is 22.5 Å². The van der Waals surface area contributed by atoms with Crippen LogP contribution in [0.25, 0.3) is 17.1 Å². The van der Waals surface area contributed by atoms with Crippen molar-refractivity contribution < 1.29 is 9.53 Å². The number of carbonyl (C=O) groups excluding carboxylic acids is 1. The van der Waals surface area contributed by atoms with E-state index < -0.39 is 0 Å². The molecule has 0 bridgehead atoms. The van der Waals surface area contributed by atoms with Crippen LogP contribution in [0.15, 0.2) is 53.7 Å². The minimum absolute atomic E-state index is 0.0471. The Balaban J connectivity index is 1.58. The van der Waals surface area contributed by atoms with Crippen molar-refractivity contribution in [1.29, 1.82) is 0 Å². The van der Waals surface area contributed by atoms with Crippen molar-refractivity contribution in [2.24, 2.45) is 0 Å². The molecule has 0 aliphatic carbocycles. The number of amides is 1. The first-order valence-corrected chi connectivity index (χ1v) is 11.3. The number of nitrogens with one attached hydrogen (secondary N) is 1. The Morgan fingerprint density at radius 3 is 2.80 bits per heavy atom. The van der Waals surface area contributed by atoms with Crippen LogP contribution in [0.5, 0.6) is 0 Å². The molecule has 0 radical (unpaired) electrons. The standard InChI is InChI=1S/C22H23ClN4O2S/c1-15-7-2-5-11-19(15)27-21(17-9-3-4-10-18(17)23)25-26-22(27)30-14-20(28)24-13-16-8-6-12-29-16/h2-5,7,9-11,16H,6,8,12-14H2,1H3,(H,24,28)/t16-/m1/s1. The molecule has 3 aromatic rings. The second-order valence-electron chi connectivity index (χ2n) is 7.14. The highest BCUT2D eigenvalue weighted by atomic mass is 35.5. The molecular formula is C22H23ClN4O2S. The van der Waals surface area contributed by atoms with Gasteiger partial charge in [-0.3, -0.25) is 9.36 Å². The molecule has 1 atom stereocenters. The summed E-state index contributed by atoms with van der Waals surface area (Å²) in [4.78, 5) is 12.4. The molecule has 4 rings (SSSR count). The molecule has 1 amide bonds. The summed E-state index contributed by atoms with van der Waals surface area (Å²) >= 11 is 7.79. The Kier molecular flexibility index (Phi) is 6.72. The van der Waals surface area contributed by atoms with Crippen LogP contribution < -0.4 is 5.32 Å². The van der Waals surface area contributed by atoms with Crippen molar-refractivity contribution in [1.82, 2.24) is 20.1 Å². The van der Waals surface area contributed by atoms with E-state index >= 15 is 0 Å². The smallest absolute Gasteiger partial charge is 0.230 e. The number of aromatic nitrogens is 3. The number of hydrogen-bond donors (Lipinski definition) is 1. The third kappa shape index (κ3) is 4.69. The van der Waals surface area contributed by atoms with Crippen molar-refractivity contribution in [3.8, 4) is 17.1 Å². The van der Waals surface area contributed by atoms with Crippen LogP contribution >= 0.6 is 23.4 Å². The van der Waals surface area contributed by atoms with Gasteiger partial charge in [0.25, 0.3) is 0 Å². The summed E-state index contributed by atoms with van der Waals surface area (Å²) in [6.07, 6.45) is 2.18. The fourth-order valence-corrected chi connectivity index (χ4v) is 4.42. The van der Waals surface area contributed by atoms with Crippen LogP contribution in [-0.4, -0.2) is 45.7 Å². The molecule has 30 heavy (non-hydrogen) atoms. The van der Waals surface area contributed by atoms with Crippen molar-refractivity contribution >= 4 is 29.3 Å². The largest absolute Gasteiger partial charge is 0.376 e. The summed E-state index contributed by atoms with van der Waals surface area (Å²) in [5.41, 5.74) is 2.83. The second-order valence-corrected chi connectivity index (χ2v) is 8.49. The average molecular weight is 443 g/mol. The predicted molar refractivity (Wildman–Crippen MR) is 119 cm³/mol. The molecule has 8 heteroatoms. The highest BCUT2D eigenvalue weighted by Crippen LogP contribution is 2.32. The van der Waals surface area contributed by atoms with Crippen molar-refractivity contribution in [3.63, 3.8) is 0 Å². The minimum Gasteiger partial charge on any atom is -0.376 e. The van der Waals surface area contributed by atoms with Crippen molar-refractivity contribution in [2.45, 2.75) is 31.0 Å². The van der Waals surface area contributed by atoms with E-state index in [1.54, 1.807) is 0 Å². The van der Waals surface area contributed by atoms with Gasteiger partial charge in [-0.25, -0.2) is 0 Å². The summed E-state index contributed by atoms with van der Waals surface area (Å²) in [6, 6.07) is 15.6. The van der Waals surface area contributed by atoms with E-state index in [1.165, 1.54) is 11.8 Å². The Morgan fingerprint density at radius 2 is 2.03 bits per heavy atom. The molecule has 0 unspecified atom stereocenters. The SMILES string of the molecule is Cc1ccccc1-n1c(SCC(=O)NC[C@H]2CCCO2)nnc1-c1ccccc1Cl. The molecule has 1 aliphatic heterocycles. The zero-order valence-corrected chi connectivity index (χ0v) is 18.2. The van der Waals surface area contributed by atoms with Gasteiger partial charge < -0.3 is 10.1 Å². The van der Waals surface area contributed by atoms with Gasteiger partial charge in [0.15, 0.2) is 11.0 Å². The van der Waals surface area contributed by atoms with Crippen LogP contribution in [0.2, 0.25) is 5.02 Å². The highest BCUT2D eigenvalue weighted by Gasteiger charge is 2.20. The van der Waals surface area contributed by atoms with Gasteiger partial charge >= 0.3 is 0 Å². The third-order valence-corrected chi connectivity index (χ3v) is 6.25. The van der Waals surface area contributed by atoms with Crippen LogP contribution in [0.4, 0.5) is 0 Å². The molecule has 2 aromatic carbocycles. The minimum atomic E-state index is -0.0471. The van der Waals surface area contributed by atoms with E-state index in [4.69, 9.17) is 16.3 Å². The zero-order valence-electron chi connectivity index (χ0n) is 16.7. The van der Waals surface area contributed by atoms with E-state index in [0.717, 1.165) is 36.3 Å². The first-order valence-electron chi connectivity index (χ1n) is 9.91. The lowest BCUT2D eigenvalue weighted by atomic mass is 10.1. The quantitative estimate of drug-likeness (QED) is 0.553. The molecule has 1 saturated heterocycles. The van der Waals surface area contributed by atoms with Gasteiger partial charge in [0, 0.05) is 18.7 Å². The number of carbonyl (C=O) groups is 1. The molecule has 0 saturated carbocycles. The molecular weight excluding hydrogens is 420 g/mol. The van der Waals surface area contributed by atoms with Gasteiger partial charge in [0.2, 0.25) is 5.91 Å². The summed E-state index contributed by atoms with van der Waals surface area (Å²) in [7, 11) is 0. The first-order chi connectivity index (χ1) is 14.6. The number of rotatable bonds is 7. The summed E-state index contributed by atoms with van der Waals surface area (Å²) in [5, 5.41) is 13.0. The number of ether oxygens (including phenoxy) is 1. The van der Waals surface area contributed by atoms with Gasteiger partial charge in [-0.15, -0.1) is 10.2 Å². The zero-order chi connectivity index (χ0) is 20.9. The normalized spacial score (nSPS) is 16.0. The highest BCUT2D eigenvalue weighted by molar-refractivity contribution is 7.99. The van der Waals surface area contributed by atoms with E-state index in [9.17, 15) is 4.79 Å². The number of aryl methyl sites for hydroxylation is 1. The van der Waals surface area contributed by atoms with Gasteiger partial charge in [-0.1, -0.05) is 53.7 Å². The van der Waals surface area contributed by atoms with Gasteiger partial charge in [0.05, 0.1) is 22.6 Å². The summed E-state index contributed by atoms with van der Waals surface area (Å²) in [6.45, 7) is 3.36. The Labute approximate surface area is 185 Å². The lowest BCUT2D eigenvalue weighted by Crippen LogP contribution is -2.32. The predicted octanol–water partition coefficient (Wildman–Crippen LogP) is 4.28. The molecule has 156 valence electrons. The monoisotopic (exact) mass is 442 g/mol. The fourth-order valence-electron chi connectivity index (χ4n) is 3.43. The molecule has 1 aromatic heterocycles. The van der Waals surface area contributed by atoms with Gasteiger partial charge in [-0.2, -0.15) is 0 Å². The summed E-state index contributed by atoms with van der Waals surface area (Å²) in [5.74, 6) is 0.852. The Morgan fingerprint density at radius 1 is 1.23 bits per heavy atom. The van der Waals surface area contributed by atoms with Gasteiger partial charge in [-0.05, 0) is 43.5 Å². The Bertz CT molecular complexity index is 1030. The number of hydrogen-bond acceptors (Lipinski definition) is 5. The fraction of sp³-hybridized carbons (Fsp3) is 0.318. The lowest BCUT2D eigenvalue weighted by Gasteiger charge is -2.14. The molecule has 1 aliphatic rings. The third-order valence-electron chi connectivity index (χ3n) is 4.99. The topological polar surface area (TPSA) is 69.0 Å². The van der Waals surface area contributed by atoms with Crippen LogP contribution in [0, 0.1) is 6.92 Å². The molecule has 1 fully saturated rings. The van der Waals surface area contributed by atoms with Crippen molar-refractivity contribution in [3.05, 3.63) is 59.1 Å². The maximum Gasteiger partial charge on any atom is 0.230 e. The molecule has 2 heterocycles. The number of thioether (sulfide) groups is 1. The van der Waals surface area contributed by atoms with Gasteiger partial charge in [0.1, 0.15) is 0 Å². The van der Waals surface area contributed by atoms with Crippen LogP contribution in [0.3, 0.4) is 0 Å². The second kappa shape index (κ2) is 9.64. The summed E-state index contributed by atoms with van der Waals surface area (Å²) < 4.78 is 7.53. The Hall–Kier alpha value is -2.35.